The summed E-state index contributed by atoms with van der Waals surface area (Å²) < 4.78 is 7.15. The lowest BCUT2D eigenvalue weighted by Gasteiger charge is -2.19. The van der Waals surface area contributed by atoms with Crippen LogP contribution in [-0.4, -0.2) is 28.0 Å². The van der Waals surface area contributed by atoms with Crippen molar-refractivity contribution in [3.63, 3.8) is 0 Å². The van der Waals surface area contributed by atoms with E-state index in [-0.39, 0.29) is 0 Å². The standard InChI is InChI=1S/C18H26N4O2/c1-18(2,3)24-17(23)21-16-8-6-15(7-9-16)14-19-10-4-12-22-13-5-11-20-22/h5-9,11,13,19H,4,10,12,14H2,1-3H3,(H,21,23). The van der Waals surface area contributed by atoms with Gasteiger partial charge in [0.2, 0.25) is 0 Å². The monoisotopic (exact) mass is 330 g/mol. The van der Waals surface area contributed by atoms with Crippen molar-refractivity contribution < 1.29 is 9.53 Å². The van der Waals surface area contributed by atoms with E-state index in [0.29, 0.717) is 0 Å². The van der Waals surface area contributed by atoms with Gasteiger partial charge in [0.1, 0.15) is 5.60 Å². The summed E-state index contributed by atoms with van der Waals surface area (Å²) in [6.07, 6.45) is 4.35. The van der Waals surface area contributed by atoms with Crippen LogP contribution in [0, 0.1) is 0 Å². The highest BCUT2D eigenvalue weighted by atomic mass is 16.6. The van der Waals surface area contributed by atoms with Crippen LogP contribution < -0.4 is 10.6 Å². The van der Waals surface area contributed by atoms with E-state index < -0.39 is 11.7 Å². The number of anilines is 1. The van der Waals surface area contributed by atoms with Gasteiger partial charge in [0.05, 0.1) is 0 Å². The number of hydrogen-bond acceptors (Lipinski definition) is 4. The second-order valence-electron chi connectivity index (χ2n) is 6.62. The molecule has 1 aromatic heterocycles. The minimum Gasteiger partial charge on any atom is -0.444 e. The molecular formula is C18H26N4O2. The molecule has 0 saturated heterocycles. The summed E-state index contributed by atoms with van der Waals surface area (Å²) in [5.74, 6) is 0. The van der Waals surface area contributed by atoms with Crippen LogP contribution in [0.2, 0.25) is 0 Å². The quantitative estimate of drug-likeness (QED) is 0.763. The molecule has 0 aliphatic heterocycles. The van der Waals surface area contributed by atoms with E-state index in [1.165, 1.54) is 5.56 Å². The van der Waals surface area contributed by atoms with E-state index in [1.54, 1.807) is 6.20 Å². The van der Waals surface area contributed by atoms with Crippen molar-refractivity contribution in [1.82, 2.24) is 15.1 Å². The van der Waals surface area contributed by atoms with E-state index in [1.807, 2.05) is 62.0 Å². The molecule has 2 rings (SSSR count). The minimum absolute atomic E-state index is 0.438. The van der Waals surface area contributed by atoms with E-state index in [0.717, 1.165) is 31.7 Å². The number of carbonyl (C=O) groups excluding carboxylic acids is 1. The lowest BCUT2D eigenvalue weighted by molar-refractivity contribution is 0.0636. The molecule has 0 atom stereocenters. The van der Waals surface area contributed by atoms with Crippen molar-refractivity contribution in [2.45, 2.75) is 45.9 Å². The normalized spacial score (nSPS) is 11.3. The van der Waals surface area contributed by atoms with Gasteiger partial charge in [-0.25, -0.2) is 4.79 Å². The number of hydrogen-bond donors (Lipinski definition) is 2. The molecule has 2 aromatic rings. The molecule has 0 fully saturated rings. The van der Waals surface area contributed by atoms with Crippen molar-refractivity contribution in [3.8, 4) is 0 Å². The van der Waals surface area contributed by atoms with Crippen LogP contribution in [0.3, 0.4) is 0 Å². The fraction of sp³-hybridized carbons (Fsp3) is 0.444. The zero-order chi connectivity index (χ0) is 17.4. The van der Waals surface area contributed by atoms with Crippen molar-refractivity contribution >= 4 is 11.8 Å². The molecule has 0 bridgehead atoms. The Morgan fingerprint density at radius 2 is 2.00 bits per heavy atom. The fourth-order valence-corrected chi connectivity index (χ4v) is 2.16. The Hall–Kier alpha value is -2.34. The highest BCUT2D eigenvalue weighted by Gasteiger charge is 2.15. The molecule has 1 aromatic carbocycles. The summed E-state index contributed by atoms with van der Waals surface area (Å²) >= 11 is 0. The van der Waals surface area contributed by atoms with Crippen molar-refractivity contribution in [2.75, 3.05) is 11.9 Å². The predicted octanol–water partition coefficient (Wildman–Crippen LogP) is 3.41. The van der Waals surface area contributed by atoms with Crippen LogP contribution in [0.25, 0.3) is 0 Å². The van der Waals surface area contributed by atoms with Gasteiger partial charge in [-0.05, 0) is 57.5 Å². The van der Waals surface area contributed by atoms with Crippen LogP contribution >= 0.6 is 0 Å². The first-order valence-electron chi connectivity index (χ1n) is 8.19. The van der Waals surface area contributed by atoms with Gasteiger partial charge in [0.15, 0.2) is 0 Å². The van der Waals surface area contributed by atoms with Gasteiger partial charge < -0.3 is 10.1 Å². The summed E-state index contributed by atoms with van der Waals surface area (Å²) in [5.41, 5.74) is 1.40. The van der Waals surface area contributed by atoms with Gasteiger partial charge in [0, 0.05) is 31.2 Å². The van der Waals surface area contributed by atoms with Gasteiger partial charge >= 0.3 is 6.09 Å². The largest absolute Gasteiger partial charge is 0.444 e. The third-order valence-corrected chi connectivity index (χ3v) is 3.23. The molecule has 1 amide bonds. The molecule has 0 unspecified atom stereocenters. The molecule has 0 spiro atoms. The Labute approximate surface area is 143 Å². The number of aryl methyl sites for hydroxylation is 1. The van der Waals surface area contributed by atoms with Crippen molar-refractivity contribution in [3.05, 3.63) is 48.3 Å². The van der Waals surface area contributed by atoms with E-state index in [9.17, 15) is 4.79 Å². The van der Waals surface area contributed by atoms with E-state index >= 15 is 0 Å². The minimum atomic E-state index is -0.496. The predicted molar refractivity (Wildman–Crippen MR) is 94.8 cm³/mol. The molecule has 130 valence electrons. The summed E-state index contributed by atoms with van der Waals surface area (Å²) in [6, 6.07) is 9.68. The Balaban J connectivity index is 1.67. The third kappa shape index (κ3) is 6.83. The summed E-state index contributed by atoms with van der Waals surface area (Å²) in [6.45, 7) is 8.16. The highest BCUT2D eigenvalue weighted by molar-refractivity contribution is 5.84. The molecule has 1 heterocycles. The number of ether oxygens (including phenoxy) is 1. The van der Waals surface area contributed by atoms with E-state index in [4.69, 9.17) is 4.74 Å². The second kappa shape index (κ2) is 8.49. The number of rotatable bonds is 7. The average molecular weight is 330 g/mol. The van der Waals surface area contributed by atoms with Crippen molar-refractivity contribution in [2.24, 2.45) is 0 Å². The van der Waals surface area contributed by atoms with Gasteiger partial charge in [0.25, 0.3) is 0 Å². The Morgan fingerprint density at radius 3 is 2.62 bits per heavy atom. The summed E-state index contributed by atoms with van der Waals surface area (Å²) in [5, 5.41) is 10.3. The lowest BCUT2D eigenvalue weighted by Crippen LogP contribution is -2.27. The Morgan fingerprint density at radius 1 is 1.25 bits per heavy atom. The lowest BCUT2D eigenvalue weighted by atomic mass is 10.2. The first kappa shape index (κ1) is 18.0. The topological polar surface area (TPSA) is 68.2 Å². The zero-order valence-electron chi connectivity index (χ0n) is 14.6. The van der Waals surface area contributed by atoms with Crippen LogP contribution in [0.4, 0.5) is 10.5 Å². The molecule has 0 aliphatic rings. The molecule has 0 saturated carbocycles. The molecule has 2 N–H and O–H groups in total. The molecule has 0 aliphatic carbocycles. The number of carbonyl (C=O) groups is 1. The SMILES string of the molecule is CC(C)(C)OC(=O)Nc1ccc(CNCCCn2cccn2)cc1. The number of nitrogens with one attached hydrogen (secondary N) is 2. The Bertz CT molecular complexity index is 615. The number of aromatic nitrogens is 2. The first-order valence-corrected chi connectivity index (χ1v) is 8.19. The maximum atomic E-state index is 11.7. The molecular weight excluding hydrogens is 304 g/mol. The summed E-state index contributed by atoms with van der Waals surface area (Å²) in [4.78, 5) is 11.7. The van der Waals surface area contributed by atoms with Crippen LogP contribution in [0.1, 0.15) is 32.8 Å². The molecule has 24 heavy (non-hydrogen) atoms. The fourth-order valence-electron chi connectivity index (χ4n) is 2.16. The third-order valence-electron chi connectivity index (χ3n) is 3.23. The number of amides is 1. The van der Waals surface area contributed by atoms with Gasteiger partial charge in [-0.2, -0.15) is 5.10 Å². The van der Waals surface area contributed by atoms with Crippen molar-refractivity contribution in [1.29, 1.82) is 0 Å². The average Bonchev–Trinajstić information content (AvgIpc) is 3.00. The van der Waals surface area contributed by atoms with E-state index in [2.05, 4.69) is 15.7 Å². The highest BCUT2D eigenvalue weighted by Crippen LogP contribution is 2.13. The maximum absolute atomic E-state index is 11.7. The Kier molecular flexibility index (Phi) is 6.37. The van der Waals surface area contributed by atoms with Crippen LogP contribution in [-0.2, 0) is 17.8 Å². The molecule has 6 heteroatoms. The zero-order valence-corrected chi connectivity index (χ0v) is 14.6. The summed E-state index contributed by atoms with van der Waals surface area (Å²) in [7, 11) is 0. The molecule has 0 radical (unpaired) electrons. The van der Waals surface area contributed by atoms with Gasteiger partial charge in [-0.3, -0.25) is 10.00 Å². The van der Waals surface area contributed by atoms with Crippen LogP contribution in [0.15, 0.2) is 42.7 Å². The maximum Gasteiger partial charge on any atom is 0.412 e. The smallest absolute Gasteiger partial charge is 0.412 e. The second-order valence-corrected chi connectivity index (χ2v) is 6.62. The molecule has 6 nitrogen and oxygen atoms in total. The van der Waals surface area contributed by atoms with Gasteiger partial charge in [-0.1, -0.05) is 12.1 Å². The van der Waals surface area contributed by atoms with Crippen LogP contribution in [0.5, 0.6) is 0 Å². The van der Waals surface area contributed by atoms with Gasteiger partial charge in [-0.15, -0.1) is 0 Å². The first-order chi connectivity index (χ1) is 11.4. The number of nitrogens with zero attached hydrogens (tertiary/aromatic N) is 2. The number of benzene rings is 1.